The van der Waals surface area contributed by atoms with E-state index in [0.29, 0.717) is 6.42 Å². The first-order valence-corrected chi connectivity index (χ1v) is 13.7. The van der Waals surface area contributed by atoms with E-state index < -0.39 is 17.2 Å². The van der Waals surface area contributed by atoms with Crippen LogP contribution in [0.4, 0.5) is 4.79 Å². The number of guanidine groups is 1. The molecule has 1 N–H and O–H groups in total. The van der Waals surface area contributed by atoms with Crippen LogP contribution in [0, 0.1) is 5.92 Å². The predicted molar refractivity (Wildman–Crippen MR) is 146 cm³/mol. The van der Waals surface area contributed by atoms with Crippen LogP contribution in [0.2, 0.25) is 0 Å². The van der Waals surface area contributed by atoms with Crippen LogP contribution in [0.25, 0.3) is 0 Å². The molecule has 6 heteroatoms. The van der Waals surface area contributed by atoms with Crippen molar-refractivity contribution in [3.05, 3.63) is 70.3 Å². The van der Waals surface area contributed by atoms with Crippen LogP contribution in [0.3, 0.4) is 0 Å². The quantitative estimate of drug-likeness (QED) is 0.587. The molecule has 1 saturated carbocycles. The lowest BCUT2D eigenvalue weighted by Gasteiger charge is -2.30. The number of ether oxygens (including phenoxy) is 1. The lowest BCUT2D eigenvalue weighted by molar-refractivity contribution is -0.130. The average Bonchev–Trinajstić information content (AvgIpc) is 3.65. The molecule has 0 radical (unpaired) electrons. The van der Waals surface area contributed by atoms with Gasteiger partial charge in [0.1, 0.15) is 5.60 Å². The van der Waals surface area contributed by atoms with Gasteiger partial charge < -0.3 is 4.74 Å². The standard InChI is InChI=1S/C31H39N3O3/c1-30(2,3)37-29(36)32-28-33-31(27(35)34(28)4)19-18-24-9-6-5-8-23(24)10-7-11-25-17-16-22(20-26(25)31)15-14-21-12-13-21/h5-6,8-9,16-17,20-21H,7,10-15,18-19H2,1-4H3,(H,32,33,36). The second-order valence-electron chi connectivity index (χ2n) is 11.9. The molecule has 0 saturated heterocycles. The third kappa shape index (κ3) is 5.58. The van der Waals surface area contributed by atoms with Gasteiger partial charge in [-0.3, -0.25) is 15.0 Å². The van der Waals surface area contributed by atoms with E-state index in [0.717, 1.165) is 43.6 Å². The lowest BCUT2D eigenvalue weighted by Crippen LogP contribution is -2.45. The Morgan fingerprint density at radius 1 is 1.08 bits per heavy atom. The van der Waals surface area contributed by atoms with Gasteiger partial charge in [-0.2, -0.15) is 0 Å². The number of aryl methyl sites for hydroxylation is 4. The molecule has 37 heavy (non-hydrogen) atoms. The Morgan fingerprint density at radius 3 is 2.49 bits per heavy atom. The summed E-state index contributed by atoms with van der Waals surface area (Å²) in [5, 5.41) is 2.76. The number of hydrogen-bond donors (Lipinski definition) is 1. The molecule has 2 aromatic carbocycles. The first-order valence-electron chi connectivity index (χ1n) is 13.7. The smallest absolute Gasteiger partial charge is 0.414 e. The van der Waals surface area contributed by atoms with Crippen molar-refractivity contribution >= 4 is 18.0 Å². The van der Waals surface area contributed by atoms with Gasteiger partial charge in [0.25, 0.3) is 5.91 Å². The first kappa shape index (κ1) is 25.5. The van der Waals surface area contributed by atoms with E-state index in [-0.39, 0.29) is 11.9 Å². The predicted octanol–water partition coefficient (Wildman–Crippen LogP) is 5.70. The van der Waals surface area contributed by atoms with Crippen LogP contribution < -0.4 is 5.32 Å². The number of nitrogens with zero attached hydrogens (tertiary/aromatic N) is 2. The number of aliphatic imine (C=N–C) groups is 1. The van der Waals surface area contributed by atoms with Gasteiger partial charge in [0.15, 0.2) is 5.54 Å². The lowest BCUT2D eigenvalue weighted by atomic mass is 9.78. The molecule has 0 aromatic heterocycles. The SMILES string of the molecule is CN1C(=O)C2(CCc3ccccc3CCCc3ccc(CCC4CC4)cc32)N=C1NC(=O)OC(C)(C)C. The zero-order chi connectivity index (χ0) is 26.2. The molecule has 5 rings (SSSR count). The Bertz CT molecular complexity index is 1220. The van der Waals surface area contributed by atoms with E-state index >= 15 is 0 Å². The van der Waals surface area contributed by atoms with E-state index in [4.69, 9.17) is 9.73 Å². The van der Waals surface area contributed by atoms with Gasteiger partial charge >= 0.3 is 6.09 Å². The maximum Gasteiger partial charge on any atom is 0.414 e. The number of carbonyl (C=O) groups is 2. The Labute approximate surface area is 220 Å². The van der Waals surface area contributed by atoms with Crippen LogP contribution in [0.5, 0.6) is 0 Å². The monoisotopic (exact) mass is 501 g/mol. The average molecular weight is 502 g/mol. The van der Waals surface area contributed by atoms with Crippen LogP contribution in [-0.4, -0.2) is 35.5 Å². The first-order chi connectivity index (χ1) is 17.6. The Kier molecular flexibility index (Phi) is 6.86. The fraction of sp³-hybridized carbons (Fsp3) is 0.516. The summed E-state index contributed by atoms with van der Waals surface area (Å²) in [6.07, 6.45) is 8.49. The van der Waals surface area contributed by atoms with Crippen molar-refractivity contribution in [3.63, 3.8) is 0 Å². The van der Waals surface area contributed by atoms with Crippen molar-refractivity contribution in [1.82, 2.24) is 10.2 Å². The number of carbonyl (C=O) groups excluding carboxylic acids is 2. The van der Waals surface area contributed by atoms with Gasteiger partial charge in [0.05, 0.1) is 0 Å². The maximum absolute atomic E-state index is 14.1. The summed E-state index contributed by atoms with van der Waals surface area (Å²) in [5.74, 6) is 0.997. The molecule has 2 amide bonds. The summed E-state index contributed by atoms with van der Waals surface area (Å²) in [4.78, 5) is 33.2. The molecule has 3 aliphatic rings. The number of rotatable bonds is 3. The van der Waals surface area contributed by atoms with Gasteiger partial charge in [-0.25, -0.2) is 9.79 Å². The number of amides is 2. The van der Waals surface area contributed by atoms with Crippen LogP contribution >= 0.6 is 0 Å². The van der Waals surface area contributed by atoms with Gasteiger partial charge in [-0.1, -0.05) is 55.3 Å². The number of alkyl carbamates (subject to hydrolysis) is 1. The molecule has 1 aliphatic heterocycles. The Hall–Kier alpha value is -3.15. The van der Waals surface area contributed by atoms with E-state index in [1.165, 1.54) is 46.4 Å². The third-order valence-electron chi connectivity index (χ3n) is 7.81. The van der Waals surface area contributed by atoms with Crippen LogP contribution in [-0.2, 0) is 40.8 Å². The second kappa shape index (κ2) is 9.96. The number of nitrogens with one attached hydrogen (secondary N) is 1. The molecular weight excluding hydrogens is 462 g/mol. The molecule has 1 atom stereocenters. The molecule has 196 valence electrons. The molecule has 6 nitrogen and oxygen atoms in total. The Morgan fingerprint density at radius 2 is 1.78 bits per heavy atom. The summed E-state index contributed by atoms with van der Waals surface area (Å²) in [7, 11) is 1.69. The minimum atomic E-state index is -1.07. The zero-order valence-electron chi connectivity index (χ0n) is 22.6. The second-order valence-corrected chi connectivity index (χ2v) is 11.9. The summed E-state index contributed by atoms with van der Waals surface area (Å²) in [6, 6.07) is 15.2. The molecule has 2 aromatic rings. The van der Waals surface area contributed by atoms with E-state index in [9.17, 15) is 9.59 Å². The van der Waals surface area contributed by atoms with Crippen molar-refractivity contribution in [2.45, 2.75) is 89.7 Å². The topological polar surface area (TPSA) is 71.0 Å². The third-order valence-corrected chi connectivity index (χ3v) is 7.81. The van der Waals surface area contributed by atoms with Crippen LogP contribution in [0.15, 0.2) is 47.5 Å². The van der Waals surface area contributed by atoms with Crippen molar-refractivity contribution in [1.29, 1.82) is 0 Å². The highest BCUT2D eigenvalue weighted by molar-refractivity contribution is 6.11. The zero-order valence-corrected chi connectivity index (χ0v) is 22.6. The number of hydrogen-bond acceptors (Lipinski definition) is 4. The normalized spacial score (nSPS) is 21.8. The van der Waals surface area contributed by atoms with Crippen molar-refractivity contribution in [2.24, 2.45) is 10.9 Å². The van der Waals surface area contributed by atoms with E-state index in [1.807, 2.05) is 20.8 Å². The molecular formula is C31H39N3O3. The van der Waals surface area contributed by atoms with Crippen molar-refractivity contribution < 1.29 is 14.3 Å². The maximum atomic E-state index is 14.1. The minimum Gasteiger partial charge on any atom is -0.444 e. The largest absolute Gasteiger partial charge is 0.444 e. The minimum absolute atomic E-state index is 0.0998. The van der Waals surface area contributed by atoms with Gasteiger partial charge in [0, 0.05) is 7.05 Å². The summed E-state index contributed by atoms with van der Waals surface area (Å²) in [5.41, 5.74) is 4.34. The molecule has 0 bridgehead atoms. The number of fused-ring (bicyclic) bond motifs is 3. The molecule has 1 fully saturated rings. The Balaban J connectivity index is 1.56. The highest BCUT2D eigenvalue weighted by Crippen LogP contribution is 2.41. The molecule has 2 aliphatic carbocycles. The summed E-state index contributed by atoms with van der Waals surface area (Å²) < 4.78 is 5.47. The number of benzene rings is 2. The van der Waals surface area contributed by atoms with E-state index in [1.54, 1.807) is 7.05 Å². The van der Waals surface area contributed by atoms with Crippen LogP contribution in [0.1, 0.15) is 80.7 Å². The molecule has 1 spiro atoms. The van der Waals surface area contributed by atoms with Crippen molar-refractivity contribution in [3.8, 4) is 0 Å². The van der Waals surface area contributed by atoms with Crippen molar-refractivity contribution in [2.75, 3.05) is 7.05 Å². The molecule has 1 unspecified atom stereocenters. The number of likely N-dealkylation sites (N-methyl/N-ethyl adjacent to an activating group) is 1. The highest BCUT2D eigenvalue weighted by atomic mass is 16.6. The molecule has 1 heterocycles. The van der Waals surface area contributed by atoms with Gasteiger partial charge in [-0.15, -0.1) is 0 Å². The summed E-state index contributed by atoms with van der Waals surface area (Å²) >= 11 is 0. The van der Waals surface area contributed by atoms with E-state index in [2.05, 4.69) is 47.8 Å². The fourth-order valence-electron chi connectivity index (χ4n) is 5.65. The van der Waals surface area contributed by atoms with Gasteiger partial charge in [-0.05, 0) is 99.5 Å². The highest BCUT2D eigenvalue weighted by Gasteiger charge is 2.50. The summed E-state index contributed by atoms with van der Waals surface area (Å²) in [6.45, 7) is 5.45. The van der Waals surface area contributed by atoms with Gasteiger partial charge in [0.2, 0.25) is 5.96 Å². The fourth-order valence-corrected chi connectivity index (χ4v) is 5.65.